The molecule has 0 amide bonds. The average molecular weight is 285 g/mol. The van der Waals surface area contributed by atoms with E-state index in [-0.39, 0.29) is 0 Å². The summed E-state index contributed by atoms with van der Waals surface area (Å²) in [5, 5.41) is 7.93. The Balaban J connectivity index is 1.42. The lowest BCUT2D eigenvalue weighted by atomic mass is 10.0. The minimum absolute atomic E-state index is 0.638. The first-order chi connectivity index (χ1) is 10.4. The molecule has 0 bridgehead atoms. The van der Waals surface area contributed by atoms with Gasteiger partial charge in [-0.05, 0) is 37.9 Å². The SMILES string of the molecule is c1ccc(-n2cc(COCCC3CCCCN3)cn2)cc1. The van der Waals surface area contributed by atoms with Gasteiger partial charge in [0.15, 0.2) is 0 Å². The molecule has 1 saturated heterocycles. The van der Waals surface area contributed by atoms with Gasteiger partial charge in [0, 0.05) is 24.4 Å². The van der Waals surface area contributed by atoms with Crippen LogP contribution in [0.3, 0.4) is 0 Å². The Kier molecular flexibility index (Phi) is 5.03. The number of hydrogen-bond donors (Lipinski definition) is 1. The molecule has 1 aliphatic heterocycles. The zero-order valence-corrected chi connectivity index (χ0v) is 12.4. The van der Waals surface area contributed by atoms with Crippen LogP contribution in [0.1, 0.15) is 31.2 Å². The molecule has 0 spiro atoms. The number of nitrogens with one attached hydrogen (secondary N) is 1. The summed E-state index contributed by atoms with van der Waals surface area (Å²) in [6, 6.07) is 10.8. The van der Waals surface area contributed by atoms with E-state index >= 15 is 0 Å². The Labute approximate surface area is 126 Å². The van der Waals surface area contributed by atoms with Crippen LogP contribution in [0.5, 0.6) is 0 Å². The van der Waals surface area contributed by atoms with E-state index in [9.17, 15) is 0 Å². The molecule has 4 nitrogen and oxygen atoms in total. The quantitative estimate of drug-likeness (QED) is 0.829. The third-order valence-electron chi connectivity index (χ3n) is 3.95. The van der Waals surface area contributed by atoms with E-state index in [0.717, 1.165) is 30.8 Å². The van der Waals surface area contributed by atoms with Crippen LogP contribution in [0, 0.1) is 0 Å². The van der Waals surface area contributed by atoms with Crippen molar-refractivity contribution in [2.75, 3.05) is 13.2 Å². The monoisotopic (exact) mass is 285 g/mol. The maximum absolute atomic E-state index is 5.78. The van der Waals surface area contributed by atoms with Crippen molar-refractivity contribution >= 4 is 0 Å². The van der Waals surface area contributed by atoms with Crippen molar-refractivity contribution in [1.82, 2.24) is 15.1 Å². The highest BCUT2D eigenvalue weighted by atomic mass is 16.5. The lowest BCUT2D eigenvalue weighted by molar-refractivity contribution is 0.108. The number of piperidine rings is 1. The summed E-state index contributed by atoms with van der Waals surface area (Å²) in [5.41, 5.74) is 2.20. The Morgan fingerprint density at radius 3 is 2.95 bits per heavy atom. The summed E-state index contributed by atoms with van der Waals surface area (Å²) >= 11 is 0. The van der Waals surface area contributed by atoms with E-state index in [1.165, 1.54) is 19.3 Å². The number of para-hydroxylation sites is 1. The first-order valence-corrected chi connectivity index (χ1v) is 7.82. The Morgan fingerprint density at radius 1 is 1.24 bits per heavy atom. The molecule has 0 aliphatic carbocycles. The summed E-state index contributed by atoms with van der Waals surface area (Å²) in [6.07, 6.45) is 8.97. The summed E-state index contributed by atoms with van der Waals surface area (Å²) < 4.78 is 7.67. The molecule has 3 rings (SSSR count). The standard InChI is InChI=1S/C17H23N3O/c1-2-7-17(8-3-1)20-13-15(12-19-20)14-21-11-9-16-6-4-5-10-18-16/h1-3,7-8,12-13,16,18H,4-6,9-11,14H2. The van der Waals surface area contributed by atoms with Crippen molar-refractivity contribution in [2.45, 2.75) is 38.3 Å². The second-order valence-corrected chi connectivity index (χ2v) is 5.62. The van der Waals surface area contributed by atoms with Crippen LogP contribution in [-0.2, 0) is 11.3 Å². The van der Waals surface area contributed by atoms with Gasteiger partial charge in [0.25, 0.3) is 0 Å². The van der Waals surface area contributed by atoms with Gasteiger partial charge in [0.1, 0.15) is 0 Å². The van der Waals surface area contributed by atoms with E-state index in [0.29, 0.717) is 12.6 Å². The normalized spacial score (nSPS) is 18.8. The Hall–Kier alpha value is -1.65. The van der Waals surface area contributed by atoms with E-state index in [2.05, 4.69) is 10.4 Å². The molecule has 2 aromatic rings. The maximum Gasteiger partial charge on any atom is 0.0747 e. The van der Waals surface area contributed by atoms with Crippen LogP contribution in [-0.4, -0.2) is 29.0 Å². The van der Waals surface area contributed by atoms with Gasteiger partial charge in [-0.1, -0.05) is 24.6 Å². The van der Waals surface area contributed by atoms with Gasteiger partial charge in [0.2, 0.25) is 0 Å². The molecule has 2 heterocycles. The first-order valence-electron chi connectivity index (χ1n) is 7.82. The van der Waals surface area contributed by atoms with Crippen molar-refractivity contribution in [3.05, 3.63) is 48.3 Å². The van der Waals surface area contributed by atoms with Crippen molar-refractivity contribution in [3.8, 4) is 5.69 Å². The molecule has 0 radical (unpaired) electrons. The molecule has 1 aromatic carbocycles. The predicted molar refractivity (Wildman–Crippen MR) is 83.5 cm³/mol. The third-order valence-corrected chi connectivity index (χ3v) is 3.95. The van der Waals surface area contributed by atoms with E-state index < -0.39 is 0 Å². The topological polar surface area (TPSA) is 39.1 Å². The second-order valence-electron chi connectivity index (χ2n) is 5.62. The minimum Gasteiger partial charge on any atom is -0.377 e. The predicted octanol–water partition coefficient (Wildman–Crippen LogP) is 2.92. The van der Waals surface area contributed by atoms with Crippen molar-refractivity contribution < 1.29 is 4.74 Å². The highest BCUT2D eigenvalue weighted by Gasteiger charge is 2.11. The molecule has 1 fully saturated rings. The first kappa shape index (κ1) is 14.3. The molecule has 1 unspecified atom stereocenters. The maximum atomic E-state index is 5.78. The fourth-order valence-electron chi connectivity index (χ4n) is 2.74. The number of nitrogens with zero attached hydrogens (tertiary/aromatic N) is 2. The molecule has 21 heavy (non-hydrogen) atoms. The van der Waals surface area contributed by atoms with E-state index in [1.54, 1.807) is 0 Å². The lowest BCUT2D eigenvalue weighted by Gasteiger charge is -2.23. The Morgan fingerprint density at radius 2 is 2.14 bits per heavy atom. The number of rotatable bonds is 6. The number of aromatic nitrogens is 2. The van der Waals surface area contributed by atoms with Crippen molar-refractivity contribution in [2.24, 2.45) is 0 Å². The van der Waals surface area contributed by atoms with E-state index in [1.807, 2.05) is 47.4 Å². The number of ether oxygens (including phenoxy) is 1. The molecule has 1 aliphatic rings. The molecule has 1 atom stereocenters. The molecule has 0 saturated carbocycles. The minimum atomic E-state index is 0.638. The van der Waals surface area contributed by atoms with Crippen LogP contribution >= 0.6 is 0 Å². The van der Waals surface area contributed by atoms with Crippen molar-refractivity contribution in [3.63, 3.8) is 0 Å². The zero-order valence-electron chi connectivity index (χ0n) is 12.4. The average Bonchev–Trinajstić information content (AvgIpc) is 3.02. The summed E-state index contributed by atoms with van der Waals surface area (Å²) in [5.74, 6) is 0. The van der Waals surface area contributed by atoms with Gasteiger partial charge < -0.3 is 10.1 Å². The molecular weight excluding hydrogens is 262 g/mol. The number of benzene rings is 1. The van der Waals surface area contributed by atoms with E-state index in [4.69, 9.17) is 4.74 Å². The molecule has 112 valence electrons. The molecule has 1 N–H and O–H groups in total. The lowest BCUT2D eigenvalue weighted by Crippen LogP contribution is -2.34. The van der Waals surface area contributed by atoms with Gasteiger partial charge in [-0.3, -0.25) is 0 Å². The zero-order chi connectivity index (χ0) is 14.3. The van der Waals surface area contributed by atoms with Gasteiger partial charge in [-0.25, -0.2) is 4.68 Å². The van der Waals surface area contributed by atoms with Crippen LogP contribution < -0.4 is 5.32 Å². The van der Waals surface area contributed by atoms with Crippen LogP contribution in [0.2, 0.25) is 0 Å². The van der Waals surface area contributed by atoms with Gasteiger partial charge in [-0.15, -0.1) is 0 Å². The van der Waals surface area contributed by atoms with Gasteiger partial charge >= 0.3 is 0 Å². The summed E-state index contributed by atoms with van der Waals surface area (Å²) in [7, 11) is 0. The second kappa shape index (κ2) is 7.38. The van der Waals surface area contributed by atoms with Gasteiger partial charge in [0.05, 0.1) is 18.5 Å². The third kappa shape index (κ3) is 4.16. The Bertz CT molecular complexity index is 532. The molecule has 1 aromatic heterocycles. The molecule has 4 heteroatoms. The van der Waals surface area contributed by atoms with Gasteiger partial charge in [-0.2, -0.15) is 5.10 Å². The summed E-state index contributed by atoms with van der Waals surface area (Å²) in [4.78, 5) is 0. The molecular formula is C17H23N3O. The largest absolute Gasteiger partial charge is 0.377 e. The highest BCUT2D eigenvalue weighted by Crippen LogP contribution is 2.11. The van der Waals surface area contributed by atoms with Crippen molar-refractivity contribution in [1.29, 1.82) is 0 Å². The number of hydrogen-bond acceptors (Lipinski definition) is 3. The van der Waals surface area contributed by atoms with Crippen LogP contribution in [0.4, 0.5) is 0 Å². The van der Waals surface area contributed by atoms with Crippen LogP contribution in [0.15, 0.2) is 42.7 Å². The fourth-order valence-corrected chi connectivity index (χ4v) is 2.74. The summed E-state index contributed by atoms with van der Waals surface area (Å²) in [6.45, 7) is 2.61. The smallest absolute Gasteiger partial charge is 0.0747 e. The highest BCUT2D eigenvalue weighted by molar-refractivity contribution is 5.30. The fraction of sp³-hybridized carbons (Fsp3) is 0.471. The van der Waals surface area contributed by atoms with Crippen LogP contribution in [0.25, 0.3) is 5.69 Å².